The van der Waals surface area contributed by atoms with Gasteiger partial charge in [0.05, 0.1) is 17.3 Å². The molecule has 1 N–H and O–H groups in total. The van der Waals surface area contributed by atoms with Crippen molar-refractivity contribution in [3.63, 3.8) is 0 Å². The molecule has 1 aliphatic heterocycles. The van der Waals surface area contributed by atoms with Crippen LogP contribution in [0.5, 0.6) is 0 Å². The number of terminal acetylenes is 1. The highest BCUT2D eigenvalue weighted by Crippen LogP contribution is 2.31. The maximum absolute atomic E-state index is 5.12. The summed E-state index contributed by atoms with van der Waals surface area (Å²) in [6.07, 6.45) is 22.3. The molecule has 0 fully saturated rings. The number of anilines is 1. The minimum Gasteiger partial charge on any atom is -0.374 e. The molecular weight excluding hydrogens is 665 g/mol. The average molecular weight is 711 g/mol. The van der Waals surface area contributed by atoms with Gasteiger partial charge >= 0.3 is 0 Å². The van der Waals surface area contributed by atoms with Gasteiger partial charge in [0.15, 0.2) is 0 Å². The number of nitrogens with zero attached hydrogens (tertiary/aromatic N) is 1. The molecule has 1 unspecified atom stereocenters. The van der Waals surface area contributed by atoms with E-state index in [2.05, 4.69) is 210 Å². The van der Waals surface area contributed by atoms with Crippen molar-refractivity contribution in [1.29, 1.82) is 0 Å². The second-order valence-corrected chi connectivity index (χ2v) is 14.2. The standard InChI is InChI=1S/C51H44N2.C2H2/c1-33-13-6-8-17-44(33)48-31-28-41-25-23-38(36(4)50(41)52-48)15-12-16-40-27-30-43(47-20-11-10-19-46(40)47)35(3)21-22-39-24-26-42-29-32-49(53-51(42)37(39)5)45-18-9-7-14-34(45)2;1-2/h6-15,17-32,49,53H,5,16H2,1-4H3;1-2H/b15-12-,35-21+,39-22-;. The summed E-state index contributed by atoms with van der Waals surface area (Å²) in [6, 6.07) is 43.6. The van der Waals surface area contributed by atoms with Crippen LogP contribution < -0.4 is 15.8 Å². The minimum atomic E-state index is 0.127. The highest BCUT2D eigenvalue weighted by molar-refractivity contribution is 5.96. The Kier molecular flexibility index (Phi) is 10.8. The summed E-state index contributed by atoms with van der Waals surface area (Å²) < 4.78 is 0. The van der Waals surface area contributed by atoms with Gasteiger partial charge in [0.2, 0.25) is 0 Å². The van der Waals surface area contributed by atoms with Crippen molar-refractivity contribution in [3.8, 4) is 24.1 Å². The fourth-order valence-corrected chi connectivity index (χ4v) is 7.71. The van der Waals surface area contributed by atoms with Crippen molar-refractivity contribution in [2.24, 2.45) is 0 Å². The quantitative estimate of drug-likeness (QED) is 0.167. The van der Waals surface area contributed by atoms with Gasteiger partial charge in [0, 0.05) is 16.6 Å². The molecule has 2 heteroatoms. The Morgan fingerprint density at radius 2 is 1.51 bits per heavy atom. The molecule has 7 aromatic rings. The number of pyridine rings is 1. The highest BCUT2D eigenvalue weighted by Gasteiger charge is 2.17. The lowest BCUT2D eigenvalue weighted by Gasteiger charge is -2.24. The van der Waals surface area contributed by atoms with E-state index >= 15 is 0 Å². The molecule has 1 aromatic heterocycles. The van der Waals surface area contributed by atoms with Crippen LogP contribution in [0.15, 0.2) is 140 Å². The first-order chi connectivity index (χ1) is 26.9. The summed E-state index contributed by atoms with van der Waals surface area (Å²) in [5.41, 5.74) is 15.5. The Morgan fingerprint density at radius 3 is 2.31 bits per heavy atom. The molecule has 2 heterocycles. The molecule has 0 amide bonds. The van der Waals surface area contributed by atoms with Crippen LogP contribution >= 0.6 is 0 Å². The van der Waals surface area contributed by atoms with Crippen LogP contribution in [0.3, 0.4) is 0 Å². The molecule has 2 nitrogen and oxygen atoms in total. The van der Waals surface area contributed by atoms with Gasteiger partial charge in [-0.25, -0.2) is 4.98 Å². The van der Waals surface area contributed by atoms with E-state index in [4.69, 9.17) is 4.98 Å². The zero-order chi connectivity index (χ0) is 38.5. The van der Waals surface area contributed by atoms with Crippen molar-refractivity contribution in [3.05, 3.63) is 195 Å². The number of aryl methyl sites for hydroxylation is 3. The fourth-order valence-electron chi connectivity index (χ4n) is 7.71. The first kappa shape index (κ1) is 36.7. The predicted molar refractivity (Wildman–Crippen MR) is 239 cm³/mol. The van der Waals surface area contributed by atoms with E-state index in [1.165, 1.54) is 66.4 Å². The zero-order valence-corrected chi connectivity index (χ0v) is 32.1. The Labute approximate surface area is 325 Å². The molecule has 0 saturated heterocycles. The lowest BCUT2D eigenvalue weighted by molar-refractivity contribution is 0.960. The molecule has 0 saturated carbocycles. The maximum atomic E-state index is 5.12. The van der Waals surface area contributed by atoms with Gasteiger partial charge in [-0.2, -0.15) is 0 Å². The van der Waals surface area contributed by atoms with Crippen molar-refractivity contribution in [2.75, 3.05) is 5.32 Å². The van der Waals surface area contributed by atoms with E-state index in [0.717, 1.165) is 39.1 Å². The first-order valence-electron chi connectivity index (χ1n) is 18.8. The Morgan fingerprint density at radius 1 is 0.782 bits per heavy atom. The number of benzene rings is 6. The smallest absolute Gasteiger partial charge is 0.0744 e. The molecule has 0 spiro atoms. The molecule has 0 bridgehead atoms. The molecule has 6 aromatic carbocycles. The van der Waals surface area contributed by atoms with Crippen molar-refractivity contribution in [1.82, 2.24) is 4.98 Å². The summed E-state index contributed by atoms with van der Waals surface area (Å²) in [5.74, 6) is 0. The van der Waals surface area contributed by atoms with E-state index in [9.17, 15) is 0 Å². The van der Waals surface area contributed by atoms with Crippen LogP contribution in [0.2, 0.25) is 0 Å². The number of allylic oxidation sites excluding steroid dienone is 3. The van der Waals surface area contributed by atoms with E-state index in [-0.39, 0.29) is 6.04 Å². The van der Waals surface area contributed by atoms with Crippen LogP contribution in [0.4, 0.5) is 5.69 Å². The molecule has 8 rings (SSSR count). The number of fused-ring (bicyclic) bond motifs is 3. The fraction of sp³-hybridized carbons (Fsp3) is 0.113. The average Bonchev–Trinajstić information content (AvgIpc) is 3.22. The van der Waals surface area contributed by atoms with Gasteiger partial charge in [-0.1, -0.05) is 158 Å². The van der Waals surface area contributed by atoms with Gasteiger partial charge < -0.3 is 5.32 Å². The van der Waals surface area contributed by atoms with Gasteiger partial charge in [-0.3, -0.25) is 0 Å². The normalized spacial score (nSPS) is 14.1. The summed E-state index contributed by atoms with van der Waals surface area (Å²) in [7, 11) is 0. The molecule has 1 atom stereocenters. The summed E-state index contributed by atoms with van der Waals surface area (Å²) in [5, 5.41) is 9.61. The molecule has 1 aliphatic rings. The SMILES string of the molecule is C#C.C=c1c2c(cc/c1=C/C=C(\C)c1ccc(C/C=C\c3ccc4ccc(-c5ccccc5C)nc4c3C)c3ccccc13)C=CC(c1ccccc1C)N2. The van der Waals surface area contributed by atoms with Crippen molar-refractivity contribution >= 4 is 57.7 Å². The summed E-state index contributed by atoms with van der Waals surface area (Å²) in [6.45, 7) is 13.2. The maximum Gasteiger partial charge on any atom is 0.0744 e. The van der Waals surface area contributed by atoms with Gasteiger partial charge in [0.1, 0.15) is 0 Å². The first-order valence-corrected chi connectivity index (χ1v) is 18.8. The second kappa shape index (κ2) is 16.1. The molecule has 0 radical (unpaired) electrons. The van der Waals surface area contributed by atoms with Crippen LogP contribution in [0.1, 0.15) is 57.5 Å². The number of hydrogen-bond acceptors (Lipinski definition) is 2. The van der Waals surface area contributed by atoms with Gasteiger partial charge in [-0.15, -0.1) is 12.8 Å². The minimum absolute atomic E-state index is 0.127. The third-order valence-electron chi connectivity index (χ3n) is 10.8. The number of rotatable bonds is 7. The van der Waals surface area contributed by atoms with E-state index in [1.54, 1.807) is 0 Å². The molecule has 55 heavy (non-hydrogen) atoms. The van der Waals surface area contributed by atoms with E-state index in [1.807, 2.05) is 0 Å². The van der Waals surface area contributed by atoms with Crippen molar-refractivity contribution in [2.45, 2.75) is 40.2 Å². The second-order valence-electron chi connectivity index (χ2n) is 14.2. The van der Waals surface area contributed by atoms with Crippen LogP contribution in [-0.2, 0) is 6.42 Å². The number of aromatic nitrogens is 1. The topological polar surface area (TPSA) is 24.9 Å². The highest BCUT2D eigenvalue weighted by atomic mass is 14.9. The zero-order valence-electron chi connectivity index (χ0n) is 32.1. The predicted octanol–water partition coefficient (Wildman–Crippen LogP) is 12.0. The van der Waals surface area contributed by atoms with E-state index in [0.29, 0.717) is 0 Å². The van der Waals surface area contributed by atoms with Crippen LogP contribution in [-0.4, -0.2) is 4.98 Å². The molecular formula is C53H46N2. The van der Waals surface area contributed by atoms with Crippen LogP contribution in [0.25, 0.3) is 63.3 Å². The van der Waals surface area contributed by atoms with E-state index < -0.39 is 0 Å². The summed E-state index contributed by atoms with van der Waals surface area (Å²) >= 11 is 0. The van der Waals surface area contributed by atoms with Crippen molar-refractivity contribution < 1.29 is 0 Å². The Balaban J connectivity index is 0.00000229. The number of nitrogens with one attached hydrogen (secondary N) is 1. The Hall–Kier alpha value is -6.69. The van der Waals surface area contributed by atoms with Crippen LogP contribution in [0, 0.1) is 33.6 Å². The monoisotopic (exact) mass is 710 g/mol. The third kappa shape index (κ3) is 7.43. The lowest BCUT2D eigenvalue weighted by Crippen LogP contribution is -2.29. The molecule has 268 valence electrons. The summed E-state index contributed by atoms with van der Waals surface area (Å²) in [4.78, 5) is 5.12. The van der Waals surface area contributed by atoms with Gasteiger partial charge in [0.25, 0.3) is 0 Å². The molecule has 0 aliphatic carbocycles. The largest absolute Gasteiger partial charge is 0.374 e. The number of hydrogen-bond donors (Lipinski definition) is 1. The third-order valence-corrected chi connectivity index (χ3v) is 10.8. The van der Waals surface area contributed by atoms with Gasteiger partial charge in [-0.05, 0) is 111 Å². The Bertz CT molecular complexity index is 2790. The lowest BCUT2D eigenvalue weighted by atomic mass is 9.93.